The van der Waals surface area contributed by atoms with E-state index in [0.29, 0.717) is 18.8 Å². The lowest BCUT2D eigenvalue weighted by molar-refractivity contribution is -0.125. The third kappa shape index (κ3) is 5.79. The Balaban J connectivity index is 2.88. The topological polar surface area (TPSA) is 98.8 Å². The SMILES string of the molecule is CCNC(=O)CN(CC)[C@@H](C)C(=O)Nc1cccc(S(=O)(=O)N(C)C)c1. The zero-order chi connectivity index (χ0) is 19.9. The highest BCUT2D eigenvalue weighted by atomic mass is 32.2. The maximum atomic E-state index is 12.5. The number of anilines is 1. The van der Waals surface area contributed by atoms with Gasteiger partial charge in [0.15, 0.2) is 0 Å². The molecule has 8 nitrogen and oxygen atoms in total. The molecule has 0 aliphatic carbocycles. The highest BCUT2D eigenvalue weighted by Crippen LogP contribution is 2.18. The van der Waals surface area contributed by atoms with E-state index >= 15 is 0 Å². The highest BCUT2D eigenvalue weighted by molar-refractivity contribution is 7.89. The van der Waals surface area contributed by atoms with Crippen LogP contribution < -0.4 is 10.6 Å². The fourth-order valence-electron chi connectivity index (χ4n) is 2.32. The molecular formula is C17H28N4O4S. The minimum Gasteiger partial charge on any atom is -0.355 e. The molecule has 1 aromatic rings. The number of hydrogen-bond donors (Lipinski definition) is 2. The summed E-state index contributed by atoms with van der Waals surface area (Å²) in [7, 11) is -0.685. The molecule has 1 aromatic carbocycles. The maximum Gasteiger partial charge on any atom is 0.242 e. The number of amides is 2. The van der Waals surface area contributed by atoms with Crippen molar-refractivity contribution >= 4 is 27.5 Å². The monoisotopic (exact) mass is 384 g/mol. The Bertz CT molecular complexity index is 734. The average Bonchev–Trinajstić information content (AvgIpc) is 2.59. The van der Waals surface area contributed by atoms with Crippen molar-refractivity contribution < 1.29 is 18.0 Å². The van der Waals surface area contributed by atoms with Crippen molar-refractivity contribution in [3.63, 3.8) is 0 Å². The zero-order valence-electron chi connectivity index (χ0n) is 15.9. The highest BCUT2D eigenvalue weighted by Gasteiger charge is 2.23. The van der Waals surface area contributed by atoms with Crippen LogP contribution in [0, 0.1) is 0 Å². The molecule has 1 atom stereocenters. The summed E-state index contributed by atoms with van der Waals surface area (Å²) >= 11 is 0. The Morgan fingerprint density at radius 3 is 2.38 bits per heavy atom. The van der Waals surface area contributed by atoms with Crippen LogP contribution in [0.25, 0.3) is 0 Å². The van der Waals surface area contributed by atoms with Crippen LogP contribution in [0.3, 0.4) is 0 Å². The first-order valence-corrected chi connectivity index (χ1v) is 9.91. The van der Waals surface area contributed by atoms with E-state index in [2.05, 4.69) is 10.6 Å². The van der Waals surface area contributed by atoms with Crippen molar-refractivity contribution in [2.45, 2.75) is 31.7 Å². The minimum atomic E-state index is -3.58. The fraction of sp³-hybridized carbons (Fsp3) is 0.529. The molecule has 0 bridgehead atoms. The van der Waals surface area contributed by atoms with Crippen molar-refractivity contribution in [3.05, 3.63) is 24.3 Å². The predicted octanol–water partition coefficient (Wildman–Crippen LogP) is 0.722. The van der Waals surface area contributed by atoms with Crippen LogP contribution in [0.4, 0.5) is 5.69 Å². The van der Waals surface area contributed by atoms with Gasteiger partial charge in [-0.05, 0) is 38.6 Å². The van der Waals surface area contributed by atoms with E-state index in [1.54, 1.807) is 24.0 Å². The first-order valence-electron chi connectivity index (χ1n) is 8.47. The molecule has 0 aromatic heterocycles. The zero-order valence-corrected chi connectivity index (χ0v) is 16.8. The molecule has 146 valence electrons. The lowest BCUT2D eigenvalue weighted by Crippen LogP contribution is -2.46. The standard InChI is InChI=1S/C17H28N4O4S/c1-6-18-16(22)12-21(7-2)13(3)17(23)19-14-9-8-10-15(11-14)26(24,25)20(4)5/h8-11,13H,6-7,12H2,1-5H3,(H,18,22)(H,19,23)/t13-/m0/s1. The quantitative estimate of drug-likeness (QED) is 0.654. The van der Waals surface area contributed by atoms with Crippen LogP contribution in [0.1, 0.15) is 20.8 Å². The molecule has 26 heavy (non-hydrogen) atoms. The molecule has 9 heteroatoms. The first-order chi connectivity index (χ1) is 12.1. The van der Waals surface area contributed by atoms with Crippen LogP contribution in [0.15, 0.2) is 29.2 Å². The maximum absolute atomic E-state index is 12.5. The largest absolute Gasteiger partial charge is 0.355 e. The first kappa shape index (κ1) is 22.1. The third-order valence-corrected chi connectivity index (χ3v) is 5.75. The normalized spacial score (nSPS) is 12.9. The number of nitrogens with one attached hydrogen (secondary N) is 2. The van der Waals surface area contributed by atoms with Crippen LogP contribution in [0.5, 0.6) is 0 Å². The number of likely N-dealkylation sites (N-methyl/N-ethyl adjacent to an activating group) is 2. The number of sulfonamides is 1. The van der Waals surface area contributed by atoms with Gasteiger partial charge < -0.3 is 10.6 Å². The van der Waals surface area contributed by atoms with Crippen LogP contribution >= 0.6 is 0 Å². The van der Waals surface area contributed by atoms with E-state index in [0.717, 1.165) is 4.31 Å². The third-order valence-electron chi connectivity index (χ3n) is 3.93. The fourth-order valence-corrected chi connectivity index (χ4v) is 3.27. The number of benzene rings is 1. The van der Waals surface area contributed by atoms with Gasteiger partial charge in [-0.1, -0.05) is 13.0 Å². The average molecular weight is 385 g/mol. The van der Waals surface area contributed by atoms with Gasteiger partial charge in [-0.2, -0.15) is 0 Å². The Morgan fingerprint density at radius 1 is 1.19 bits per heavy atom. The summed E-state index contributed by atoms with van der Waals surface area (Å²) in [6.45, 7) is 6.59. The molecule has 2 amide bonds. The Kier molecular flexibility index (Phi) is 8.19. The molecule has 1 rings (SSSR count). The van der Waals surface area contributed by atoms with Gasteiger partial charge in [0.05, 0.1) is 17.5 Å². The summed E-state index contributed by atoms with van der Waals surface area (Å²) in [6, 6.07) is 5.54. The summed E-state index contributed by atoms with van der Waals surface area (Å²) in [6.07, 6.45) is 0. The van der Waals surface area contributed by atoms with Crippen molar-refractivity contribution in [1.29, 1.82) is 0 Å². The molecule has 0 unspecified atom stereocenters. The molecule has 0 heterocycles. The summed E-state index contributed by atoms with van der Waals surface area (Å²) in [5, 5.41) is 5.42. The molecule has 0 aliphatic heterocycles. The van der Waals surface area contributed by atoms with E-state index in [9.17, 15) is 18.0 Å². The van der Waals surface area contributed by atoms with Crippen LogP contribution in [-0.2, 0) is 19.6 Å². The van der Waals surface area contributed by atoms with Gasteiger partial charge in [-0.15, -0.1) is 0 Å². The number of nitrogens with zero attached hydrogens (tertiary/aromatic N) is 2. The van der Waals surface area contributed by atoms with Crippen LogP contribution in [0.2, 0.25) is 0 Å². The lowest BCUT2D eigenvalue weighted by Gasteiger charge is -2.26. The summed E-state index contributed by atoms with van der Waals surface area (Å²) in [5.74, 6) is -0.455. The van der Waals surface area contributed by atoms with E-state index in [1.807, 2.05) is 13.8 Å². The Hall–Kier alpha value is -1.97. The summed E-state index contributed by atoms with van der Waals surface area (Å²) in [5.41, 5.74) is 0.388. The number of carbonyl (C=O) groups is 2. The second kappa shape index (κ2) is 9.65. The van der Waals surface area contributed by atoms with E-state index in [1.165, 1.54) is 26.2 Å². The molecule has 0 aliphatic rings. The Morgan fingerprint density at radius 2 is 1.85 bits per heavy atom. The van der Waals surface area contributed by atoms with E-state index in [-0.39, 0.29) is 23.3 Å². The van der Waals surface area contributed by atoms with Gasteiger partial charge >= 0.3 is 0 Å². The molecule has 0 radical (unpaired) electrons. The predicted molar refractivity (Wildman–Crippen MR) is 101 cm³/mol. The number of carbonyl (C=O) groups excluding carboxylic acids is 2. The second-order valence-electron chi connectivity index (χ2n) is 6.00. The lowest BCUT2D eigenvalue weighted by atomic mass is 10.2. The van der Waals surface area contributed by atoms with E-state index in [4.69, 9.17) is 0 Å². The minimum absolute atomic E-state index is 0.0997. The van der Waals surface area contributed by atoms with Gasteiger partial charge in [0.1, 0.15) is 0 Å². The molecule has 0 saturated heterocycles. The van der Waals surface area contributed by atoms with Crippen molar-refractivity contribution in [3.8, 4) is 0 Å². The van der Waals surface area contributed by atoms with Gasteiger partial charge in [0.2, 0.25) is 21.8 Å². The molecule has 0 fully saturated rings. The van der Waals surface area contributed by atoms with E-state index < -0.39 is 16.1 Å². The van der Waals surface area contributed by atoms with Crippen molar-refractivity contribution in [2.75, 3.05) is 39.0 Å². The van der Waals surface area contributed by atoms with Crippen molar-refractivity contribution in [1.82, 2.24) is 14.5 Å². The summed E-state index contributed by atoms with van der Waals surface area (Å²) < 4.78 is 25.5. The van der Waals surface area contributed by atoms with Gasteiger partial charge in [-0.25, -0.2) is 12.7 Å². The number of rotatable bonds is 9. The summed E-state index contributed by atoms with van der Waals surface area (Å²) in [4.78, 5) is 26.1. The number of hydrogen-bond acceptors (Lipinski definition) is 5. The van der Waals surface area contributed by atoms with Crippen LogP contribution in [-0.4, -0.2) is 69.2 Å². The van der Waals surface area contributed by atoms with Gasteiger partial charge in [0, 0.05) is 26.3 Å². The van der Waals surface area contributed by atoms with Crippen molar-refractivity contribution in [2.24, 2.45) is 0 Å². The molecule has 0 spiro atoms. The second-order valence-corrected chi connectivity index (χ2v) is 8.15. The Labute approximate surface area is 155 Å². The molecule has 2 N–H and O–H groups in total. The smallest absolute Gasteiger partial charge is 0.242 e. The molecular weight excluding hydrogens is 356 g/mol. The van der Waals surface area contributed by atoms with Gasteiger partial charge in [-0.3, -0.25) is 14.5 Å². The van der Waals surface area contributed by atoms with Gasteiger partial charge in [0.25, 0.3) is 0 Å². The molecule has 0 saturated carbocycles.